The van der Waals surface area contributed by atoms with Crippen LogP contribution < -0.4 is 5.48 Å². The van der Waals surface area contributed by atoms with Gasteiger partial charge >= 0.3 is 5.09 Å². The summed E-state index contributed by atoms with van der Waals surface area (Å²) in [5.74, 6) is 0. The molecule has 5 nitrogen and oxygen atoms in total. The minimum Gasteiger partial charge on any atom is -0.220 e. The van der Waals surface area contributed by atoms with Crippen molar-refractivity contribution in [2.24, 2.45) is 0 Å². The maximum absolute atomic E-state index is 9.54. The topological polar surface area (TPSA) is 64.4 Å². The monoisotopic (exact) mass is 134 g/mol. The van der Waals surface area contributed by atoms with E-state index in [4.69, 9.17) is 0 Å². The molecule has 0 heterocycles. The fourth-order valence-electron chi connectivity index (χ4n) is 0.216. The molecule has 5 heteroatoms. The standard InChI is InChI=1S/C4H10N2O3/c1-3-4(2)5-9-6(7)8/h4-5H,3H2,1-2H3/t4-/m1/s1. The van der Waals surface area contributed by atoms with Crippen LogP contribution in [0.3, 0.4) is 0 Å². The third-order valence-corrected chi connectivity index (χ3v) is 0.941. The highest BCUT2D eigenvalue weighted by atomic mass is 17.0. The van der Waals surface area contributed by atoms with Gasteiger partial charge in [0.1, 0.15) is 0 Å². The third kappa shape index (κ3) is 5.02. The molecule has 0 aromatic carbocycles. The van der Waals surface area contributed by atoms with Crippen molar-refractivity contribution in [3.8, 4) is 0 Å². The van der Waals surface area contributed by atoms with Gasteiger partial charge < -0.3 is 0 Å². The molecule has 0 radical (unpaired) electrons. The fourth-order valence-corrected chi connectivity index (χ4v) is 0.216. The number of hydroxylamine groups is 1. The largest absolute Gasteiger partial charge is 0.311 e. The lowest BCUT2D eigenvalue weighted by molar-refractivity contribution is -0.777. The van der Waals surface area contributed by atoms with Crippen molar-refractivity contribution in [3.05, 3.63) is 10.1 Å². The Kier molecular flexibility index (Phi) is 3.70. The number of hydrogen-bond donors (Lipinski definition) is 1. The van der Waals surface area contributed by atoms with E-state index in [2.05, 4.69) is 10.4 Å². The lowest BCUT2D eigenvalue weighted by Gasteiger charge is -2.06. The average molecular weight is 134 g/mol. The number of nitrogens with one attached hydrogen (secondary N) is 1. The van der Waals surface area contributed by atoms with E-state index in [1.807, 2.05) is 6.92 Å². The molecule has 0 aromatic heterocycles. The summed E-state index contributed by atoms with van der Waals surface area (Å²) in [6.07, 6.45) is 0.799. The van der Waals surface area contributed by atoms with Crippen molar-refractivity contribution in [2.45, 2.75) is 26.3 Å². The first kappa shape index (κ1) is 8.16. The summed E-state index contributed by atoms with van der Waals surface area (Å²) in [6.45, 7) is 3.70. The van der Waals surface area contributed by atoms with Crippen molar-refractivity contribution in [1.82, 2.24) is 5.48 Å². The SMILES string of the molecule is CC[C@@H](C)NO[N+](=O)[O-]. The van der Waals surface area contributed by atoms with Crippen LogP contribution in [0.15, 0.2) is 0 Å². The van der Waals surface area contributed by atoms with E-state index >= 15 is 0 Å². The van der Waals surface area contributed by atoms with Gasteiger partial charge in [-0.25, -0.2) is 4.94 Å². The Hall–Kier alpha value is -0.840. The molecule has 0 aliphatic rings. The number of rotatable bonds is 4. The van der Waals surface area contributed by atoms with Crippen LogP contribution in [0, 0.1) is 10.1 Å². The maximum atomic E-state index is 9.54. The zero-order chi connectivity index (χ0) is 7.28. The predicted molar refractivity (Wildman–Crippen MR) is 31.0 cm³/mol. The van der Waals surface area contributed by atoms with E-state index < -0.39 is 5.09 Å². The molecule has 0 unspecified atom stereocenters. The van der Waals surface area contributed by atoms with Crippen LogP contribution in [0.5, 0.6) is 0 Å². The van der Waals surface area contributed by atoms with Gasteiger partial charge in [-0.05, 0) is 13.3 Å². The molecule has 9 heavy (non-hydrogen) atoms. The molecule has 0 aromatic rings. The summed E-state index contributed by atoms with van der Waals surface area (Å²) in [6, 6.07) is 0.0235. The summed E-state index contributed by atoms with van der Waals surface area (Å²) in [5, 5.41) is 8.67. The predicted octanol–water partition coefficient (Wildman–Crippen LogP) is 0.498. The van der Waals surface area contributed by atoms with Crippen LogP contribution in [0.4, 0.5) is 0 Å². The second kappa shape index (κ2) is 4.08. The first-order valence-electron chi connectivity index (χ1n) is 2.73. The summed E-state index contributed by atoms with van der Waals surface area (Å²) in [5.41, 5.74) is 2.23. The third-order valence-electron chi connectivity index (χ3n) is 0.941. The fraction of sp³-hybridized carbons (Fsp3) is 1.00. The van der Waals surface area contributed by atoms with Gasteiger partial charge in [0, 0.05) is 6.04 Å². The molecule has 0 aliphatic heterocycles. The van der Waals surface area contributed by atoms with Crippen molar-refractivity contribution in [3.63, 3.8) is 0 Å². The molecular formula is C4H10N2O3. The molecule has 0 amide bonds. The van der Waals surface area contributed by atoms with Gasteiger partial charge in [0.05, 0.1) is 0 Å². The highest BCUT2D eigenvalue weighted by molar-refractivity contribution is 4.46. The lowest BCUT2D eigenvalue weighted by atomic mass is 10.3. The van der Waals surface area contributed by atoms with Crippen LogP contribution in [0.2, 0.25) is 0 Å². The molecule has 0 saturated heterocycles. The van der Waals surface area contributed by atoms with Gasteiger partial charge in [0.15, 0.2) is 0 Å². The molecule has 0 saturated carbocycles. The second-order valence-electron chi connectivity index (χ2n) is 1.74. The van der Waals surface area contributed by atoms with Gasteiger partial charge in [0.25, 0.3) is 0 Å². The zero-order valence-electron chi connectivity index (χ0n) is 5.46. The molecule has 54 valence electrons. The van der Waals surface area contributed by atoms with E-state index in [0.29, 0.717) is 0 Å². The minimum atomic E-state index is -0.869. The smallest absolute Gasteiger partial charge is 0.220 e. The molecular weight excluding hydrogens is 124 g/mol. The van der Waals surface area contributed by atoms with Crippen molar-refractivity contribution in [2.75, 3.05) is 0 Å². The highest BCUT2D eigenvalue weighted by Gasteiger charge is 1.98. The highest BCUT2D eigenvalue weighted by Crippen LogP contribution is 1.86. The summed E-state index contributed by atoms with van der Waals surface area (Å²) >= 11 is 0. The number of nitrogens with zero attached hydrogens (tertiary/aromatic N) is 1. The van der Waals surface area contributed by atoms with E-state index in [1.165, 1.54) is 0 Å². The van der Waals surface area contributed by atoms with Gasteiger partial charge in [-0.1, -0.05) is 6.92 Å². The molecule has 1 N–H and O–H groups in total. The van der Waals surface area contributed by atoms with Crippen LogP contribution in [-0.2, 0) is 4.94 Å². The zero-order valence-corrected chi connectivity index (χ0v) is 5.46. The van der Waals surface area contributed by atoms with Crippen LogP contribution >= 0.6 is 0 Å². The Morgan fingerprint density at radius 3 is 2.78 bits per heavy atom. The first-order chi connectivity index (χ1) is 4.16. The Morgan fingerprint density at radius 2 is 2.44 bits per heavy atom. The average Bonchev–Trinajstić information content (AvgIpc) is 1.83. The Morgan fingerprint density at radius 1 is 1.89 bits per heavy atom. The summed E-state index contributed by atoms with van der Waals surface area (Å²) < 4.78 is 0. The summed E-state index contributed by atoms with van der Waals surface area (Å²) in [7, 11) is 0. The molecule has 0 fully saturated rings. The number of hydrogen-bond acceptors (Lipinski definition) is 4. The van der Waals surface area contributed by atoms with E-state index in [9.17, 15) is 10.1 Å². The van der Waals surface area contributed by atoms with Gasteiger partial charge in [-0.3, -0.25) is 0 Å². The summed E-state index contributed by atoms with van der Waals surface area (Å²) in [4.78, 5) is 13.4. The van der Waals surface area contributed by atoms with Crippen molar-refractivity contribution in [1.29, 1.82) is 0 Å². The van der Waals surface area contributed by atoms with Gasteiger partial charge in [-0.2, -0.15) is 5.48 Å². The van der Waals surface area contributed by atoms with E-state index in [-0.39, 0.29) is 6.04 Å². The first-order valence-corrected chi connectivity index (χ1v) is 2.73. The Balaban J connectivity index is 3.16. The molecule has 1 atom stereocenters. The van der Waals surface area contributed by atoms with E-state index in [1.54, 1.807) is 6.92 Å². The van der Waals surface area contributed by atoms with Crippen LogP contribution in [0.1, 0.15) is 20.3 Å². The normalized spacial score (nSPS) is 12.7. The molecule has 0 spiro atoms. The lowest BCUT2D eigenvalue weighted by Crippen LogP contribution is -2.27. The Bertz CT molecular complexity index is 95.8. The van der Waals surface area contributed by atoms with Gasteiger partial charge in [0.2, 0.25) is 0 Å². The second-order valence-corrected chi connectivity index (χ2v) is 1.74. The van der Waals surface area contributed by atoms with Crippen LogP contribution in [0.25, 0.3) is 0 Å². The van der Waals surface area contributed by atoms with Crippen LogP contribution in [-0.4, -0.2) is 11.1 Å². The van der Waals surface area contributed by atoms with Crippen molar-refractivity contribution >= 4 is 0 Å². The van der Waals surface area contributed by atoms with Crippen molar-refractivity contribution < 1.29 is 10.0 Å². The van der Waals surface area contributed by atoms with E-state index in [0.717, 1.165) is 6.42 Å². The molecule has 0 rings (SSSR count). The molecule has 0 aliphatic carbocycles. The quantitative estimate of drug-likeness (QED) is 0.449. The molecule has 0 bridgehead atoms. The van der Waals surface area contributed by atoms with Gasteiger partial charge in [-0.15, -0.1) is 10.1 Å². The Labute approximate surface area is 53.1 Å². The minimum absolute atomic E-state index is 0.0235. The maximum Gasteiger partial charge on any atom is 0.311 e.